The predicted octanol–water partition coefficient (Wildman–Crippen LogP) is 3.79. The van der Waals surface area contributed by atoms with Crippen LogP contribution in [0, 0.1) is 5.92 Å². The van der Waals surface area contributed by atoms with Gasteiger partial charge in [0.15, 0.2) is 0 Å². The Morgan fingerprint density at radius 3 is 2.94 bits per heavy atom. The number of carbonyl (C=O) groups excluding carboxylic acids is 1. The van der Waals surface area contributed by atoms with Crippen molar-refractivity contribution in [2.45, 2.75) is 32.3 Å². The van der Waals surface area contributed by atoms with E-state index in [1.807, 2.05) is 6.92 Å². The largest absolute Gasteiger partial charge is 0.370 e. The molecule has 2 nitrogen and oxygen atoms in total. The number of halogens is 1. The smallest absolute Gasteiger partial charge is 0.201 e. The quantitative estimate of drug-likeness (QED) is 0.726. The molecule has 1 unspecified atom stereocenters. The fraction of sp³-hybridized carbons (Fsp3) is 0.583. The summed E-state index contributed by atoms with van der Waals surface area (Å²) in [4.78, 5) is 12.6. The lowest BCUT2D eigenvalue weighted by atomic mass is 10.2. The molecule has 1 aliphatic rings. The van der Waals surface area contributed by atoms with Gasteiger partial charge in [-0.25, -0.2) is 0 Å². The summed E-state index contributed by atoms with van der Waals surface area (Å²) in [5.41, 5.74) is 0. The van der Waals surface area contributed by atoms with Gasteiger partial charge in [-0.3, -0.25) is 4.79 Å². The molecule has 0 aromatic carbocycles. The van der Waals surface area contributed by atoms with E-state index in [0.717, 1.165) is 12.3 Å². The molecule has 1 aromatic rings. The molecule has 1 aromatic heterocycles. The van der Waals surface area contributed by atoms with Gasteiger partial charge in [0, 0.05) is 6.61 Å². The first-order chi connectivity index (χ1) is 7.66. The summed E-state index contributed by atoms with van der Waals surface area (Å²) >= 11 is 7.10. The van der Waals surface area contributed by atoms with Crippen LogP contribution in [0.3, 0.4) is 0 Å². The molecule has 88 valence electrons. The first-order valence-corrected chi connectivity index (χ1v) is 6.77. The highest BCUT2D eigenvalue weighted by atomic mass is 35.5. The molecule has 2 rings (SSSR count). The van der Waals surface area contributed by atoms with E-state index < -0.39 is 0 Å². The fourth-order valence-electron chi connectivity index (χ4n) is 1.54. The Morgan fingerprint density at radius 2 is 2.38 bits per heavy atom. The zero-order chi connectivity index (χ0) is 11.5. The Hall–Kier alpha value is -0.380. The summed E-state index contributed by atoms with van der Waals surface area (Å²) in [7, 11) is 0. The van der Waals surface area contributed by atoms with Gasteiger partial charge >= 0.3 is 0 Å². The fourth-order valence-corrected chi connectivity index (χ4v) is 2.60. The zero-order valence-electron chi connectivity index (χ0n) is 9.24. The van der Waals surface area contributed by atoms with Gasteiger partial charge in [0.2, 0.25) is 5.78 Å². The first-order valence-electron chi connectivity index (χ1n) is 5.58. The van der Waals surface area contributed by atoms with Crippen molar-refractivity contribution in [2.24, 2.45) is 5.92 Å². The van der Waals surface area contributed by atoms with E-state index in [4.69, 9.17) is 16.3 Å². The number of hydrogen-bond donors (Lipinski definition) is 0. The van der Waals surface area contributed by atoms with E-state index in [2.05, 4.69) is 0 Å². The second-order valence-electron chi connectivity index (χ2n) is 4.21. The van der Waals surface area contributed by atoms with Crippen LogP contribution in [-0.2, 0) is 4.74 Å². The van der Waals surface area contributed by atoms with Crippen LogP contribution in [0.2, 0.25) is 4.34 Å². The molecule has 1 saturated carbocycles. The lowest BCUT2D eigenvalue weighted by Gasteiger charge is -2.10. The highest BCUT2D eigenvalue weighted by Gasteiger charge is 2.22. The molecule has 1 atom stereocenters. The molecule has 1 aliphatic carbocycles. The summed E-state index contributed by atoms with van der Waals surface area (Å²) in [6.07, 6.45) is 3.38. The molecular weight excluding hydrogens is 244 g/mol. The van der Waals surface area contributed by atoms with Crippen molar-refractivity contribution in [1.29, 1.82) is 0 Å². The van der Waals surface area contributed by atoms with Gasteiger partial charge in [0.1, 0.15) is 6.10 Å². The zero-order valence-corrected chi connectivity index (χ0v) is 10.8. The van der Waals surface area contributed by atoms with Gasteiger partial charge in [-0.05, 0) is 31.4 Å². The SMILES string of the molecule is CC(OCCC1CC1)C(=O)c1ccc(Cl)s1. The molecule has 4 heteroatoms. The minimum absolute atomic E-state index is 0.0349. The van der Waals surface area contributed by atoms with Crippen LogP contribution >= 0.6 is 22.9 Å². The van der Waals surface area contributed by atoms with Crippen LogP contribution in [0.15, 0.2) is 12.1 Å². The Balaban J connectivity index is 1.78. The second kappa shape index (κ2) is 5.30. The van der Waals surface area contributed by atoms with Gasteiger partial charge < -0.3 is 4.74 Å². The third kappa shape index (κ3) is 3.30. The van der Waals surface area contributed by atoms with Gasteiger partial charge in [-0.2, -0.15) is 0 Å². The maximum Gasteiger partial charge on any atom is 0.201 e. The highest BCUT2D eigenvalue weighted by Crippen LogP contribution is 2.32. The normalized spacial score (nSPS) is 17.4. The third-order valence-electron chi connectivity index (χ3n) is 2.78. The molecule has 0 bridgehead atoms. The van der Waals surface area contributed by atoms with E-state index in [9.17, 15) is 4.79 Å². The van der Waals surface area contributed by atoms with Crippen molar-refractivity contribution < 1.29 is 9.53 Å². The van der Waals surface area contributed by atoms with E-state index in [1.54, 1.807) is 12.1 Å². The molecular formula is C12H15ClO2S. The van der Waals surface area contributed by atoms with E-state index >= 15 is 0 Å². The summed E-state index contributed by atoms with van der Waals surface area (Å²) in [6, 6.07) is 3.51. The van der Waals surface area contributed by atoms with Crippen LogP contribution in [0.1, 0.15) is 35.9 Å². The van der Waals surface area contributed by atoms with Crippen molar-refractivity contribution in [3.63, 3.8) is 0 Å². The van der Waals surface area contributed by atoms with E-state index in [-0.39, 0.29) is 11.9 Å². The minimum atomic E-state index is -0.353. The summed E-state index contributed by atoms with van der Waals surface area (Å²) < 4.78 is 6.18. The van der Waals surface area contributed by atoms with Crippen LogP contribution in [0.5, 0.6) is 0 Å². The molecule has 1 fully saturated rings. The summed E-state index contributed by atoms with van der Waals surface area (Å²) in [6.45, 7) is 2.50. The van der Waals surface area contributed by atoms with E-state index in [1.165, 1.54) is 24.2 Å². The molecule has 0 saturated heterocycles. The second-order valence-corrected chi connectivity index (χ2v) is 5.93. The number of Topliss-reactive ketones (excluding diaryl/α,β-unsaturated/α-hetero) is 1. The third-order valence-corrected chi connectivity index (χ3v) is 4.02. The minimum Gasteiger partial charge on any atom is -0.370 e. The number of ketones is 1. The number of carbonyl (C=O) groups is 1. The average molecular weight is 259 g/mol. The number of hydrogen-bond acceptors (Lipinski definition) is 3. The lowest BCUT2D eigenvalue weighted by molar-refractivity contribution is 0.0461. The number of rotatable bonds is 6. The molecule has 0 radical (unpaired) electrons. The van der Waals surface area contributed by atoms with Crippen molar-refractivity contribution >= 4 is 28.7 Å². The van der Waals surface area contributed by atoms with Crippen LogP contribution in [0.4, 0.5) is 0 Å². The van der Waals surface area contributed by atoms with Gasteiger partial charge in [0.25, 0.3) is 0 Å². The van der Waals surface area contributed by atoms with Crippen LogP contribution < -0.4 is 0 Å². The molecule has 1 heterocycles. The Labute approximate surface area is 105 Å². The first kappa shape index (κ1) is 12.1. The molecule has 0 amide bonds. The van der Waals surface area contributed by atoms with Crippen molar-refractivity contribution in [1.82, 2.24) is 0 Å². The standard InChI is InChI=1S/C12H15ClO2S/c1-8(15-7-6-9-2-3-9)12(14)10-4-5-11(13)16-10/h4-5,8-9H,2-3,6-7H2,1H3. The number of thiophene rings is 1. The van der Waals surface area contributed by atoms with Crippen molar-refractivity contribution in [3.8, 4) is 0 Å². The van der Waals surface area contributed by atoms with E-state index in [0.29, 0.717) is 15.8 Å². The van der Waals surface area contributed by atoms with Crippen molar-refractivity contribution in [3.05, 3.63) is 21.3 Å². The summed E-state index contributed by atoms with van der Waals surface area (Å²) in [5, 5.41) is 0. The maximum absolute atomic E-state index is 11.9. The Kier molecular flexibility index (Phi) is 4.00. The Bertz CT molecular complexity index is 371. The van der Waals surface area contributed by atoms with Gasteiger partial charge in [-0.15, -0.1) is 11.3 Å². The van der Waals surface area contributed by atoms with Crippen LogP contribution in [-0.4, -0.2) is 18.5 Å². The van der Waals surface area contributed by atoms with Gasteiger partial charge in [0.05, 0.1) is 9.21 Å². The molecule has 16 heavy (non-hydrogen) atoms. The molecule has 0 spiro atoms. The summed E-state index contributed by atoms with van der Waals surface area (Å²) in [5.74, 6) is 0.881. The monoisotopic (exact) mass is 258 g/mol. The Morgan fingerprint density at radius 1 is 1.62 bits per heavy atom. The highest BCUT2D eigenvalue weighted by molar-refractivity contribution is 7.18. The van der Waals surface area contributed by atoms with Gasteiger partial charge in [-0.1, -0.05) is 24.4 Å². The maximum atomic E-state index is 11.9. The predicted molar refractivity (Wildman–Crippen MR) is 66.4 cm³/mol. The lowest BCUT2D eigenvalue weighted by Crippen LogP contribution is -2.20. The topological polar surface area (TPSA) is 26.3 Å². The average Bonchev–Trinajstić information content (AvgIpc) is 2.98. The molecule has 0 aliphatic heterocycles. The van der Waals surface area contributed by atoms with Crippen molar-refractivity contribution in [2.75, 3.05) is 6.61 Å². The number of ether oxygens (including phenoxy) is 1. The van der Waals surface area contributed by atoms with Crippen LogP contribution in [0.25, 0.3) is 0 Å². The molecule has 0 N–H and O–H groups in total.